The molecule has 0 saturated carbocycles. The minimum Gasteiger partial charge on any atom is -0.309 e. The van der Waals surface area contributed by atoms with Gasteiger partial charge in [0.15, 0.2) is 0 Å². The standard InChI is InChI=1S/C11H13BrFN/c1-2-7-5-8-9(6-14-7)11(13)4-3-10(8)12/h3-4,7,14H,2,5-6H2,1H3. The van der Waals surface area contributed by atoms with Crippen molar-refractivity contribution >= 4 is 15.9 Å². The fourth-order valence-corrected chi connectivity index (χ4v) is 2.43. The molecule has 1 aromatic carbocycles. The summed E-state index contributed by atoms with van der Waals surface area (Å²) >= 11 is 3.48. The topological polar surface area (TPSA) is 12.0 Å². The van der Waals surface area contributed by atoms with Crippen LogP contribution in [-0.2, 0) is 13.0 Å². The van der Waals surface area contributed by atoms with Gasteiger partial charge in [-0.15, -0.1) is 0 Å². The molecule has 1 aliphatic heterocycles. The average Bonchev–Trinajstić information content (AvgIpc) is 2.23. The van der Waals surface area contributed by atoms with E-state index in [0.29, 0.717) is 12.6 Å². The largest absolute Gasteiger partial charge is 0.309 e. The van der Waals surface area contributed by atoms with Crippen molar-refractivity contribution in [1.82, 2.24) is 5.32 Å². The van der Waals surface area contributed by atoms with Gasteiger partial charge in [-0.05, 0) is 30.5 Å². The van der Waals surface area contributed by atoms with E-state index in [9.17, 15) is 4.39 Å². The van der Waals surface area contributed by atoms with Gasteiger partial charge in [0.05, 0.1) is 0 Å². The molecule has 1 aromatic rings. The fraction of sp³-hybridized carbons (Fsp3) is 0.455. The summed E-state index contributed by atoms with van der Waals surface area (Å²) in [4.78, 5) is 0. The molecule has 0 saturated heterocycles. The third-order valence-corrected chi connectivity index (χ3v) is 3.57. The molecule has 1 N–H and O–H groups in total. The van der Waals surface area contributed by atoms with Crippen molar-refractivity contribution in [2.75, 3.05) is 0 Å². The highest BCUT2D eigenvalue weighted by atomic mass is 79.9. The summed E-state index contributed by atoms with van der Waals surface area (Å²) in [6.07, 6.45) is 2.01. The van der Waals surface area contributed by atoms with Gasteiger partial charge in [-0.2, -0.15) is 0 Å². The molecule has 76 valence electrons. The average molecular weight is 258 g/mol. The van der Waals surface area contributed by atoms with Crippen molar-refractivity contribution in [3.8, 4) is 0 Å². The molecule has 0 radical (unpaired) electrons. The minimum atomic E-state index is -0.0924. The zero-order chi connectivity index (χ0) is 10.1. The van der Waals surface area contributed by atoms with Gasteiger partial charge in [-0.1, -0.05) is 22.9 Å². The molecule has 0 fully saturated rings. The zero-order valence-electron chi connectivity index (χ0n) is 8.11. The smallest absolute Gasteiger partial charge is 0.128 e. The van der Waals surface area contributed by atoms with Crippen LogP contribution in [0.15, 0.2) is 16.6 Å². The summed E-state index contributed by atoms with van der Waals surface area (Å²) in [5.41, 5.74) is 1.96. The van der Waals surface area contributed by atoms with E-state index in [4.69, 9.17) is 0 Å². The lowest BCUT2D eigenvalue weighted by Crippen LogP contribution is -2.35. The SMILES string of the molecule is CCC1Cc2c(Br)ccc(F)c2CN1. The molecule has 0 spiro atoms. The molecule has 1 atom stereocenters. The molecule has 0 amide bonds. The molecule has 3 heteroatoms. The van der Waals surface area contributed by atoms with E-state index >= 15 is 0 Å². The summed E-state index contributed by atoms with van der Waals surface area (Å²) in [6, 6.07) is 3.81. The Morgan fingerprint density at radius 2 is 2.29 bits per heavy atom. The fourth-order valence-electron chi connectivity index (χ4n) is 1.90. The highest BCUT2D eigenvalue weighted by Crippen LogP contribution is 2.28. The summed E-state index contributed by atoms with van der Waals surface area (Å²) in [6.45, 7) is 2.80. The van der Waals surface area contributed by atoms with Crippen LogP contribution >= 0.6 is 15.9 Å². The summed E-state index contributed by atoms with van der Waals surface area (Å²) in [5.74, 6) is -0.0924. The predicted molar refractivity (Wildman–Crippen MR) is 58.7 cm³/mol. The Balaban J connectivity index is 2.40. The molecule has 2 rings (SSSR count). The van der Waals surface area contributed by atoms with E-state index in [-0.39, 0.29) is 5.82 Å². The van der Waals surface area contributed by atoms with Gasteiger partial charge in [0.1, 0.15) is 5.82 Å². The molecular weight excluding hydrogens is 245 g/mol. The van der Waals surface area contributed by atoms with E-state index in [1.165, 1.54) is 6.07 Å². The number of halogens is 2. The number of hydrogen-bond acceptors (Lipinski definition) is 1. The van der Waals surface area contributed by atoms with E-state index in [1.807, 2.05) is 0 Å². The number of fused-ring (bicyclic) bond motifs is 1. The first kappa shape index (κ1) is 10.1. The zero-order valence-corrected chi connectivity index (χ0v) is 9.70. The van der Waals surface area contributed by atoms with Crippen molar-refractivity contribution in [3.05, 3.63) is 33.5 Å². The van der Waals surface area contributed by atoms with Crippen LogP contribution in [-0.4, -0.2) is 6.04 Å². The lowest BCUT2D eigenvalue weighted by Gasteiger charge is -2.26. The monoisotopic (exact) mass is 257 g/mol. The normalized spacial score (nSPS) is 20.6. The molecule has 1 nitrogen and oxygen atoms in total. The predicted octanol–water partition coefficient (Wildman–Crippen LogP) is 3.01. The van der Waals surface area contributed by atoms with Crippen molar-refractivity contribution in [2.45, 2.75) is 32.4 Å². The van der Waals surface area contributed by atoms with Gasteiger partial charge >= 0.3 is 0 Å². The van der Waals surface area contributed by atoms with Crippen LogP contribution in [0, 0.1) is 5.82 Å². The highest BCUT2D eigenvalue weighted by molar-refractivity contribution is 9.10. The molecule has 0 aromatic heterocycles. The number of nitrogens with one attached hydrogen (secondary N) is 1. The van der Waals surface area contributed by atoms with Crippen molar-refractivity contribution < 1.29 is 4.39 Å². The maximum Gasteiger partial charge on any atom is 0.128 e. The lowest BCUT2D eigenvalue weighted by molar-refractivity contribution is 0.451. The van der Waals surface area contributed by atoms with Gasteiger partial charge in [0, 0.05) is 22.6 Å². The Bertz CT molecular complexity index is 351. The molecular formula is C11H13BrFN. The summed E-state index contributed by atoms with van der Waals surface area (Å²) in [7, 11) is 0. The van der Waals surface area contributed by atoms with E-state index in [2.05, 4.69) is 28.2 Å². The first-order valence-corrected chi connectivity index (χ1v) is 5.70. The third kappa shape index (κ3) is 1.71. The van der Waals surface area contributed by atoms with Gasteiger partial charge in [-0.3, -0.25) is 0 Å². The van der Waals surface area contributed by atoms with E-state index < -0.39 is 0 Å². The number of rotatable bonds is 1. The van der Waals surface area contributed by atoms with Crippen LogP contribution in [0.5, 0.6) is 0 Å². The molecule has 1 unspecified atom stereocenters. The second-order valence-electron chi connectivity index (χ2n) is 3.68. The maximum absolute atomic E-state index is 13.4. The van der Waals surface area contributed by atoms with Crippen LogP contribution in [0.25, 0.3) is 0 Å². The van der Waals surface area contributed by atoms with Crippen LogP contribution in [0.3, 0.4) is 0 Å². The van der Waals surface area contributed by atoms with Crippen molar-refractivity contribution in [3.63, 3.8) is 0 Å². The summed E-state index contributed by atoms with van der Waals surface area (Å²) < 4.78 is 14.5. The van der Waals surface area contributed by atoms with Crippen LogP contribution in [0.4, 0.5) is 4.39 Å². The van der Waals surface area contributed by atoms with E-state index in [1.54, 1.807) is 6.07 Å². The van der Waals surface area contributed by atoms with Crippen molar-refractivity contribution in [2.24, 2.45) is 0 Å². The van der Waals surface area contributed by atoms with Gasteiger partial charge in [-0.25, -0.2) is 4.39 Å². The molecule has 0 aliphatic carbocycles. The first-order chi connectivity index (χ1) is 6.72. The number of benzene rings is 1. The Kier molecular flexibility index (Phi) is 2.88. The molecule has 1 aliphatic rings. The lowest BCUT2D eigenvalue weighted by atomic mass is 9.94. The van der Waals surface area contributed by atoms with Crippen molar-refractivity contribution in [1.29, 1.82) is 0 Å². The molecule has 1 heterocycles. The summed E-state index contributed by atoms with van der Waals surface area (Å²) in [5, 5.41) is 3.33. The minimum absolute atomic E-state index is 0.0924. The van der Waals surface area contributed by atoms with E-state index in [0.717, 1.165) is 28.4 Å². The van der Waals surface area contributed by atoms with Crippen LogP contribution in [0.2, 0.25) is 0 Å². The second-order valence-corrected chi connectivity index (χ2v) is 4.53. The van der Waals surface area contributed by atoms with Crippen LogP contribution in [0.1, 0.15) is 24.5 Å². The maximum atomic E-state index is 13.4. The Hall–Kier alpha value is -0.410. The Labute approximate surface area is 91.8 Å². The second kappa shape index (κ2) is 3.99. The quantitative estimate of drug-likeness (QED) is 0.816. The number of hydrogen-bond donors (Lipinski definition) is 1. The first-order valence-electron chi connectivity index (χ1n) is 4.91. The third-order valence-electron chi connectivity index (χ3n) is 2.83. The van der Waals surface area contributed by atoms with Gasteiger partial charge in [0.25, 0.3) is 0 Å². The Morgan fingerprint density at radius 3 is 3.00 bits per heavy atom. The molecule has 0 bridgehead atoms. The molecule has 14 heavy (non-hydrogen) atoms. The van der Waals surface area contributed by atoms with Crippen LogP contribution < -0.4 is 5.32 Å². The van der Waals surface area contributed by atoms with Gasteiger partial charge < -0.3 is 5.32 Å². The van der Waals surface area contributed by atoms with Gasteiger partial charge in [0.2, 0.25) is 0 Å². The Morgan fingerprint density at radius 1 is 1.50 bits per heavy atom. The highest BCUT2D eigenvalue weighted by Gasteiger charge is 2.21.